The van der Waals surface area contributed by atoms with Crippen molar-refractivity contribution in [3.05, 3.63) is 74.4 Å². The van der Waals surface area contributed by atoms with E-state index in [2.05, 4.69) is 4.98 Å². The van der Waals surface area contributed by atoms with Crippen molar-refractivity contribution in [1.82, 2.24) is 9.55 Å². The molecule has 0 aliphatic carbocycles. The molecular formula is C20H10ClF10N3O2. The second-order valence-electron chi connectivity index (χ2n) is 6.96. The molecule has 0 saturated carbocycles. The topological polar surface area (TPSA) is 56.1 Å². The molecule has 0 saturated heterocycles. The maximum Gasteiger partial charge on any atom is 0.433 e. The summed E-state index contributed by atoms with van der Waals surface area (Å²) in [6, 6.07) is 1.54. The molecule has 1 aromatic heterocycles. The lowest BCUT2D eigenvalue weighted by atomic mass is 10.1. The van der Waals surface area contributed by atoms with Crippen molar-refractivity contribution in [3.63, 3.8) is 0 Å². The van der Waals surface area contributed by atoms with Crippen LogP contribution in [0.4, 0.5) is 55.5 Å². The van der Waals surface area contributed by atoms with E-state index >= 15 is 0 Å². The molecule has 0 fully saturated rings. The average molecular weight is 550 g/mol. The van der Waals surface area contributed by atoms with Gasteiger partial charge in [-0.15, -0.1) is 0 Å². The summed E-state index contributed by atoms with van der Waals surface area (Å²) in [7, 11) is 1.08. The number of methoxy groups -OCH3 is 1. The first kappa shape index (κ1) is 27.1. The highest BCUT2D eigenvalue weighted by Gasteiger charge is 2.39. The van der Waals surface area contributed by atoms with E-state index in [0.29, 0.717) is 6.07 Å². The predicted octanol–water partition coefficient (Wildman–Crippen LogP) is 6.83. The zero-order valence-corrected chi connectivity index (χ0v) is 18.1. The second kappa shape index (κ2) is 9.19. The summed E-state index contributed by atoms with van der Waals surface area (Å²) >= 11 is 5.76. The Morgan fingerprint density at radius 2 is 1.56 bits per heavy atom. The van der Waals surface area contributed by atoms with Gasteiger partial charge >= 0.3 is 18.5 Å². The van der Waals surface area contributed by atoms with Gasteiger partial charge in [0.2, 0.25) is 5.95 Å². The van der Waals surface area contributed by atoms with Crippen molar-refractivity contribution in [1.29, 1.82) is 0 Å². The lowest BCUT2D eigenvalue weighted by molar-refractivity contribution is -0.143. The molecule has 2 aromatic carbocycles. The first-order chi connectivity index (χ1) is 16.4. The minimum Gasteiger partial charge on any atom is -0.495 e. The highest BCUT2D eigenvalue weighted by atomic mass is 35.5. The fourth-order valence-corrected chi connectivity index (χ4v) is 3.20. The van der Waals surface area contributed by atoms with E-state index in [1.807, 2.05) is 0 Å². The number of halogens is 11. The van der Waals surface area contributed by atoms with E-state index in [1.54, 1.807) is 5.32 Å². The van der Waals surface area contributed by atoms with Crippen LogP contribution in [0.1, 0.15) is 16.8 Å². The third-order valence-corrected chi connectivity index (χ3v) is 4.87. The normalized spacial score (nSPS) is 12.6. The molecule has 0 spiro atoms. The molecule has 3 rings (SSSR count). The summed E-state index contributed by atoms with van der Waals surface area (Å²) in [6.07, 6.45) is -15.9. The Bertz CT molecular complexity index is 1360. The SMILES string of the molecule is COc1cc(-n2c(Nc3ccc(C(F)(F)F)cc3C(F)(F)F)nc(C(F)(F)F)cc2=O)c(F)cc1Cl. The van der Waals surface area contributed by atoms with E-state index in [0.717, 1.165) is 13.2 Å². The molecule has 0 aliphatic heterocycles. The maximum absolute atomic E-state index is 14.7. The van der Waals surface area contributed by atoms with E-state index in [-0.39, 0.29) is 39.6 Å². The minimum atomic E-state index is -5.43. The third-order valence-electron chi connectivity index (χ3n) is 4.57. The molecule has 0 bridgehead atoms. The Hall–Kier alpha value is -3.49. The molecule has 16 heteroatoms. The lowest BCUT2D eigenvalue weighted by Gasteiger charge is -2.20. The van der Waals surface area contributed by atoms with Crippen molar-refractivity contribution in [2.24, 2.45) is 0 Å². The van der Waals surface area contributed by atoms with E-state index in [9.17, 15) is 48.7 Å². The zero-order valence-electron chi connectivity index (χ0n) is 17.3. The molecule has 0 aliphatic rings. The van der Waals surface area contributed by atoms with E-state index in [1.165, 1.54) is 0 Å². The van der Waals surface area contributed by atoms with Crippen LogP contribution < -0.4 is 15.6 Å². The molecule has 3 aromatic rings. The van der Waals surface area contributed by atoms with Crippen LogP contribution >= 0.6 is 11.6 Å². The molecule has 0 amide bonds. The van der Waals surface area contributed by atoms with Crippen molar-refractivity contribution >= 4 is 23.2 Å². The van der Waals surface area contributed by atoms with E-state index < -0.39 is 64.0 Å². The standard InChI is InChI=1S/C20H10ClF10N3O2/c1-36-14-6-13(11(22)5-10(14)21)34-16(35)7-15(20(29,30)31)33-17(34)32-12-3-2-8(18(23,24)25)4-9(12)19(26,27)28/h2-7H,1H3,(H,32,33). The van der Waals surface area contributed by atoms with Crippen molar-refractivity contribution < 1.29 is 48.6 Å². The zero-order chi connectivity index (χ0) is 27.2. The molecule has 0 radical (unpaired) electrons. The van der Waals surface area contributed by atoms with Crippen LogP contribution in [0.3, 0.4) is 0 Å². The Morgan fingerprint density at radius 1 is 0.917 bits per heavy atom. The number of hydrogen-bond acceptors (Lipinski definition) is 4. The Morgan fingerprint density at radius 3 is 2.08 bits per heavy atom. The minimum absolute atomic E-state index is 0.0525. The summed E-state index contributed by atoms with van der Waals surface area (Å²) in [5.41, 5.74) is -9.13. The summed E-state index contributed by atoms with van der Waals surface area (Å²) in [4.78, 5) is 15.7. The molecule has 1 N–H and O–H groups in total. The van der Waals surface area contributed by atoms with Gasteiger partial charge in [0.15, 0.2) is 5.69 Å². The monoisotopic (exact) mass is 549 g/mol. The van der Waals surface area contributed by atoms with Crippen LogP contribution in [0.25, 0.3) is 5.69 Å². The summed E-state index contributed by atoms with van der Waals surface area (Å²) in [5, 5.41) is 1.47. The number of alkyl halides is 9. The number of aromatic nitrogens is 2. The predicted molar refractivity (Wildman–Crippen MR) is 106 cm³/mol. The largest absolute Gasteiger partial charge is 0.495 e. The highest BCUT2D eigenvalue weighted by Crippen LogP contribution is 2.41. The van der Waals surface area contributed by atoms with Gasteiger partial charge in [-0.2, -0.15) is 39.5 Å². The first-order valence-corrected chi connectivity index (χ1v) is 9.61. The second-order valence-corrected chi connectivity index (χ2v) is 7.36. The molecule has 5 nitrogen and oxygen atoms in total. The first-order valence-electron chi connectivity index (χ1n) is 9.23. The molecule has 0 unspecified atom stereocenters. The van der Waals surface area contributed by atoms with Crippen LogP contribution in [-0.4, -0.2) is 16.7 Å². The quantitative estimate of drug-likeness (QED) is 0.362. The molecule has 36 heavy (non-hydrogen) atoms. The van der Waals surface area contributed by atoms with Crippen molar-refractivity contribution in [2.75, 3.05) is 12.4 Å². The molecule has 194 valence electrons. The van der Waals surface area contributed by atoms with E-state index in [4.69, 9.17) is 16.3 Å². The van der Waals surface area contributed by atoms with Gasteiger partial charge in [0.05, 0.1) is 34.6 Å². The van der Waals surface area contributed by atoms with Crippen LogP contribution in [0.2, 0.25) is 5.02 Å². The number of ether oxygens (including phenoxy) is 1. The van der Waals surface area contributed by atoms with Gasteiger partial charge in [0.1, 0.15) is 11.6 Å². The fraction of sp³-hybridized carbons (Fsp3) is 0.200. The third kappa shape index (κ3) is 5.50. The molecule has 0 atom stereocenters. The van der Waals surface area contributed by atoms with Crippen molar-refractivity contribution in [2.45, 2.75) is 18.5 Å². The highest BCUT2D eigenvalue weighted by molar-refractivity contribution is 6.32. The summed E-state index contributed by atoms with van der Waals surface area (Å²) in [5.74, 6) is -2.87. The van der Waals surface area contributed by atoms with Crippen LogP contribution in [0, 0.1) is 5.82 Å². The molecule has 1 heterocycles. The Labute approximate surface area is 198 Å². The fourth-order valence-electron chi connectivity index (χ4n) is 2.97. The lowest BCUT2D eigenvalue weighted by Crippen LogP contribution is -2.27. The van der Waals surface area contributed by atoms with Gasteiger partial charge in [0, 0.05) is 12.1 Å². The van der Waals surface area contributed by atoms with Crippen LogP contribution in [0.15, 0.2) is 41.2 Å². The van der Waals surface area contributed by atoms with Gasteiger partial charge in [-0.3, -0.25) is 4.79 Å². The smallest absolute Gasteiger partial charge is 0.433 e. The maximum atomic E-state index is 14.7. The van der Waals surface area contributed by atoms with Gasteiger partial charge in [-0.1, -0.05) is 11.6 Å². The number of rotatable bonds is 4. The van der Waals surface area contributed by atoms with Gasteiger partial charge < -0.3 is 10.1 Å². The number of hydrogen-bond donors (Lipinski definition) is 1. The number of benzene rings is 2. The average Bonchev–Trinajstić information content (AvgIpc) is 2.72. The molecular weight excluding hydrogens is 540 g/mol. The summed E-state index contributed by atoms with van der Waals surface area (Å²) in [6.45, 7) is 0. The van der Waals surface area contributed by atoms with Gasteiger partial charge in [0.25, 0.3) is 5.56 Å². The number of nitrogens with zero attached hydrogens (tertiary/aromatic N) is 2. The Balaban J connectivity index is 2.33. The van der Waals surface area contributed by atoms with Crippen LogP contribution in [-0.2, 0) is 18.5 Å². The number of nitrogens with one attached hydrogen (secondary N) is 1. The van der Waals surface area contributed by atoms with Crippen LogP contribution in [0.5, 0.6) is 5.75 Å². The number of anilines is 2. The van der Waals surface area contributed by atoms with Gasteiger partial charge in [-0.25, -0.2) is 13.9 Å². The Kier molecular flexibility index (Phi) is 6.92. The van der Waals surface area contributed by atoms with Gasteiger partial charge in [-0.05, 0) is 24.3 Å². The van der Waals surface area contributed by atoms with Crippen molar-refractivity contribution in [3.8, 4) is 11.4 Å². The summed E-state index contributed by atoms with van der Waals surface area (Å²) < 4.78 is 139.